The summed E-state index contributed by atoms with van der Waals surface area (Å²) in [5.41, 5.74) is 6.64. The molecule has 130 valence electrons. The molecule has 0 radical (unpaired) electrons. The number of nitrogens with two attached hydrogens (primary N) is 1. The van der Waals surface area contributed by atoms with Gasteiger partial charge in [-0.15, -0.1) is 0 Å². The Labute approximate surface area is 141 Å². The molecule has 0 aliphatic carbocycles. The van der Waals surface area contributed by atoms with E-state index in [4.69, 9.17) is 5.73 Å². The number of hydrogen-bond donors (Lipinski definition) is 2. The van der Waals surface area contributed by atoms with Gasteiger partial charge in [0.15, 0.2) is 0 Å². The first kappa shape index (κ1) is 19.7. The highest BCUT2D eigenvalue weighted by Gasteiger charge is 2.28. The number of nitrogens with one attached hydrogen (secondary N) is 1. The van der Waals surface area contributed by atoms with Gasteiger partial charge < -0.3 is 11.1 Å². The Kier molecular flexibility index (Phi) is 8.28. The van der Waals surface area contributed by atoms with E-state index < -0.39 is 5.54 Å². The Hall–Kier alpha value is -1.39. The second-order valence-electron chi connectivity index (χ2n) is 6.44. The van der Waals surface area contributed by atoms with Crippen molar-refractivity contribution in [3.05, 3.63) is 35.9 Å². The van der Waals surface area contributed by atoms with Crippen molar-refractivity contribution in [2.24, 2.45) is 5.73 Å². The van der Waals surface area contributed by atoms with E-state index in [1.165, 1.54) is 5.56 Å². The van der Waals surface area contributed by atoms with Gasteiger partial charge in [-0.3, -0.25) is 9.69 Å². The van der Waals surface area contributed by atoms with E-state index in [0.29, 0.717) is 13.0 Å². The van der Waals surface area contributed by atoms with Crippen LogP contribution in [0.3, 0.4) is 0 Å². The van der Waals surface area contributed by atoms with E-state index in [9.17, 15) is 4.79 Å². The molecule has 0 aliphatic rings. The van der Waals surface area contributed by atoms with E-state index in [2.05, 4.69) is 48.3 Å². The highest BCUT2D eigenvalue weighted by molar-refractivity contribution is 5.85. The van der Waals surface area contributed by atoms with Crippen molar-refractivity contribution in [1.82, 2.24) is 10.2 Å². The lowest BCUT2D eigenvalue weighted by Crippen LogP contribution is -2.54. The third-order valence-electron chi connectivity index (χ3n) is 4.43. The third-order valence-corrected chi connectivity index (χ3v) is 4.43. The van der Waals surface area contributed by atoms with E-state index in [0.717, 1.165) is 25.9 Å². The van der Waals surface area contributed by atoms with E-state index in [1.54, 1.807) is 0 Å². The van der Waals surface area contributed by atoms with Crippen LogP contribution in [-0.4, -0.2) is 42.0 Å². The smallest absolute Gasteiger partial charge is 0.239 e. The number of carbonyl (C=O) groups excluding carboxylic acids is 1. The minimum Gasteiger partial charge on any atom is -0.353 e. The summed E-state index contributed by atoms with van der Waals surface area (Å²) < 4.78 is 0. The molecular weight excluding hydrogens is 286 g/mol. The molecule has 1 aromatic rings. The maximum Gasteiger partial charge on any atom is 0.239 e. The molecule has 4 heteroatoms. The van der Waals surface area contributed by atoms with Crippen molar-refractivity contribution < 1.29 is 4.79 Å². The molecule has 2 unspecified atom stereocenters. The van der Waals surface area contributed by atoms with Crippen molar-refractivity contribution in [3.63, 3.8) is 0 Å². The summed E-state index contributed by atoms with van der Waals surface area (Å²) in [6.07, 6.45) is 2.54. The standard InChI is InChI=1S/C19H33N3O/c1-5-13-19(4,20)18(23)21-15-17(22(6-2)7-3)14-16-11-9-8-10-12-16/h8-12,17H,5-7,13-15,20H2,1-4H3,(H,21,23). The van der Waals surface area contributed by atoms with Crippen LogP contribution in [0.5, 0.6) is 0 Å². The SMILES string of the molecule is CCCC(C)(N)C(=O)NCC(Cc1ccccc1)N(CC)CC. The molecule has 0 aliphatic heterocycles. The summed E-state index contributed by atoms with van der Waals surface area (Å²) in [6.45, 7) is 10.8. The zero-order valence-electron chi connectivity index (χ0n) is 15.1. The molecule has 0 spiro atoms. The Morgan fingerprint density at radius 3 is 2.35 bits per heavy atom. The van der Waals surface area contributed by atoms with Crippen LogP contribution in [0.25, 0.3) is 0 Å². The average Bonchev–Trinajstić information content (AvgIpc) is 2.54. The maximum absolute atomic E-state index is 12.4. The van der Waals surface area contributed by atoms with Crippen LogP contribution in [0.1, 0.15) is 46.1 Å². The van der Waals surface area contributed by atoms with Gasteiger partial charge >= 0.3 is 0 Å². The fourth-order valence-electron chi connectivity index (χ4n) is 3.00. The van der Waals surface area contributed by atoms with Crippen LogP contribution in [0, 0.1) is 0 Å². The normalized spacial score (nSPS) is 15.2. The van der Waals surface area contributed by atoms with Gasteiger partial charge in [-0.1, -0.05) is 57.5 Å². The second kappa shape index (κ2) is 9.68. The van der Waals surface area contributed by atoms with Crippen LogP contribution in [0.4, 0.5) is 0 Å². The minimum absolute atomic E-state index is 0.0513. The largest absolute Gasteiger partial charge is 0.353 e. The van der Waals surface area contributed by atoms with Gasteiger partial charge in [0, 0.05) is 12.6 Å². The second-order valence-corrected chi connectivity index (χ2v) is 6.44. The summed E-state index contributed by atoms with van der Waals surface area (Å²) in [7, 11) is 0. The molecule has 3 N–H and O–H groups in total. The van der Waals surface area contributed by atoms with Gasteiger partial charge in [-0.2, -0.15) is 0 Å². The Bertz CT molecular complexity index is 455. The first-order valence-corrected chi connectivity index (χ1v) is 8.79. The zero-order chi connectivity index (χ0) is 17.3. The topological polar surface area (TPSA) is 58.4 Å². The highest BCUT2D eigenvalue weighted by Crippen LogP contribution is 2.11. The summed E-state index contributed by atoms with van der Waals surface area (Å²) >= 11 is 0. The quantitative estimate of drug-likeness (QED) is 0.697. The predicted octanol–water partition coefficient (Wildman–Crippen LogP) is 2.57. The number of carbonyl (C=O) groups is 1. The Balaban J connectivity index is 2.72. The molecule has 1 aromatic carbocycles. The van der Waals surface area contributed by atoms with E-state index in [1.807, 2.05) is 19.9 Å². The van der Waals surface area contributed by atoms with Crippen molar-refractivity contribution in [2.45, 2.75) is 58.5 Å². The zero-order valence-corrected chi connectivity index (χ0v) is 15.1. The molecule has 0 heterocycles. The average molecular weight is 319 g/mol. The molecule has 0 aromatic heterocycles. The van der Waals surface area contributed by atoms with Crippen LogP contribution >= 0.6 is 0 Å². The summed E-state index contributed by atoms with van der Waals surface area (Å²) in [5, 5.41) is 3.07. The number of amides is 1. The van der Waals surface area contributed by atoms with Crippen LogP contribution in [0.2, 0.25) is 0 Å². The minimum atomic E-state index is -0.782. The van der Waals surface area contributed by atoms with Crippen LogP contribution in [-0.2, 0) is 11.2 Å². The van der Waals surface area contributed by atoms with Gasteiger partial charge in [0.2, 0.25) is 5.91 Å². The van der Waals surface area contributed by atoms with E-state index >= 15 is 0 Å². The van der Waals surface area contributed by atoms with E-state index in [-0.39, 0.29) is 11.9 Å². The molecule has 1 amide bonds. The lowest BCUT2D eigenvalue weighted by atomic mass is 9.96. The molecule has 2 atom stereocenters. The molecule has 0 fully saturated rings. The molecular formula is C19H33N3O. The molecule has 0 saturated carbocycles. The fourth-order valence-corrected chi connectivity index (χ4v) is 3.00. The van der Waals surface area contributed by atoms with Crippen molar-refractivity contribution in [1.29, 1.82) is 0 Å². The summed E-state index contributed by atoms with van der Waals surface area (Å²) in [5.74, 6) is -0.0513. The predicted molar refractivity (Wildman–Crippen MR) is 97.4 cm³/mol. The summed E-state index contributed by atoms with van der Waals surface area (Å²) in [6, 6.07) is 10.7. The van der Waals surface area contributed by atoms with Gasteiger partial charge in [-0.25, -0.2) is 0 Å². The number of benzene rings is 1. The maximum atomic E-state index is 12.4. The molecule has 0 saturated heterocycles. The molecule has 0 bridgehead atoms. The molecule has 23 heavy (non-hydrogen) atoms. The first-order valence-electron chi connectivity index (χ1n) is 8.79. The lowest BCUT2D eigenvalue weighted by molar-refractivity contribution is -0.126. The molecule has 1 rings (SSSR count). The summed E-state index contributed by atoms with van der Waals surface area (Å²) in [4.78, 5) is 14.7. The Morgan fingerprint density at radius 2 is 1.83 bits per heavy atom. The van der Waals surface area contributed by atoms with Crippen LogP contribution < -0.4 is 11.1 Å². The number of rotatable bonds is 10. The van der Waals surface area contributed by atoms with Crippen molar-refractivity contribution >= 4 is 5.91 Å². The highest BCUT2D eigenvalue weighted by atomic mass is 16.2. The number of hydrogen-bond acceptors (Lipinski definition) is 3. The first-order chi connectivity index (χ1) is 10.9. The van der Waals surface area contributed by atoms with Gasteiger partial charge in [0.05, 0.1) is 5.54 Å². The van der Waals surface area contributed by atoms with Gasteiger partial charge in [0.1, 0.15) is 0 Å². The number of nitrogens with zero attached hydrogens (tertiary/aromatic N) is 1. The number of likely N-dealkylation sites (N-methyl/N-ethyl adjacent to an activating group) is 1. The monoisotopic (exact) mass is 319 g/mol. The van der Waals surface area contributed by atoms with Gasteiger partial charge in [0.25, 0.3) is 0 Å². The molecule has 4 nitrogen and oxygen atoms in total. The van der Waals surface area contributed by atoms with Gasteiger partial charge in [-0.05, 0) is 38.4 Å². The third kappa shape index (κ3) is 6.32. The lowest BCUT2D eigenvalue weighted by Gasteiger charge is -2.31. The fraction of sp³-hybridized carbons (Fsp3) is 0.632. The Morgan fingerprint density at radius 1 is 1.22 bits per heavy atom. The van der Waals surface area contributed by atoms with Crippen molar-refractivity contribution in [3.8, 4) is 0 Å². The van der Waals surface area contributed by atoms with Crippen LogP contribution in [0.15, 0.2) is 30.3 Å². The van der Waals surface area contributed by atoms with Crippen molar-refractivity contribution in [2.75, 3.05) is 19.6 Å².